The van der Waals surface area contributed by atoms with Gasteiger partial charge in [-0.1, -0.05) is 6.07 Å². The molecule has 0 fully saturated rings. The summed E-state index contributed by atoms with van der Waals surface area (Å²) in [6, 6.07) is 3.87. The fourth-order valence-electron chi connectivity index (χ4n) is 3.55. The van der Waals surface area contributed by atoms with E-state index < -0.39 is 11.6 Å². The molecule has 5 rings (SSSR count). The standard InChI is InChI=1S/C17H14F2N6/c1-9-5-6-24-17-10(7-21-24)15-13(8-20-23-15)22-16(25(9)17)14-11(18)3-2-4-12(14)19/h2-4,7-9H,5-6H2,1H3,(H,20,23). The van der Waals surface area contributed by atoms with Gasteiger partial charge in [-0.15, -0.1) is 0 Å². The predicted octanol–water partition coefficient (Wildman–Crippen LogP) is 3.24. The molecule has 0 radical (unpaired) electrons. The van der Waals surface area contributed by atoms with Crippen LogP contribution >= 0.6 is 0 Å². The first kappa shape index (κ1) is 14.3. The summed E-state index contributed by atoms with van der Waals surface area (Å²) < 4.78 is 30.9. The van der Waals surface area contributed by atoms with Gasteiger partial charge in [0.05, 0.1) is 29.2 Å². The van der Waals surface area contributed by atoms with Gasteiger partial charge in [0.2, 0.25) is 0 Å². The van der Waals surface area contributed by atoms with E-state index in [1.807, 2.05) is 16.5 Å². The van der Waals surface area contributed by atoms with Gasteiger partial charge in [-0.3, -0.25) is 5.10 Å². The van der Waals surface area contributed by atoms with Crippen LogP contribution in [0.4, 0.5) is 20.3 Å². The van der Waals surface area contributed by atoms with Crippen molar-refractivity contribution in [2.45, 2.75) is 25.9 Å². The summed E-state index contributed by atoms with van der Waals surface area (Å²) in [6.45, 7) is 2.76. The number of hydrogen-bond donors (Lipinski definition) is 1. The van der Waals surface area contributed by atoms with E-state index in [1.54, 1.807) is 12.4 Å². The van der Waals surface area contributed by atoms with Crippen molar-refractivity contribution in [1.82, 2.24) is 20.0 Å². The van der Waals surface area contributed by atoms with Gasteiger partial charge in [-0.2, -0.15) is 10.2 Å². The van der Waals surface area contributed by atoms with Crippen molar-refractivity contribution >= 4 is 17.3 Å². The van der Waals surface area contributed by atoms with Crippen molar-refractivity contribution in [3.8, 4) is 11.3 Å². The number of H-pyrrole nitrogens is 1. The van der Waals surface area contributed by atoms with Gasteiger partial charge in [0.1, 0.15) is 29.0 Å². The molecule has 1 N–H and O–H groups in total. The number of aromatic nitrogens is 4. The Bertz CT molecular complexity index is 998. The summed E-state index contributed by atoms with van der Waals surface area (Å²) in [5.74, 6) is -0.263. The molecule has 126 valence electrons. The van der Waals surface area contributed by atoms with Gasteiger partial charge >= 0.3 is 0 Å². The zero-order valence-electron chi connectivity index (χ0n) is 13.4. The molecular weight excluding hydrogens is 326 g/mol. The molecule has 2 aromatic heterocycles. The second kappa shape index (κ2) is 4.98. The molecule has 0 saturated heterocycles. The van der Waals surface area contributed by atoms with Gasteiger partial charge in [-0.05, 0) is 25.5 Å². The lowest BCUT2D eigenvalue weighted by atomic mass is 10.1. The number of aliphatic imine (C=N–C) groups is 1. The molecular formula is C17H14F2N6. The lowest BCUT2D eigenvalue weighted by Crippen LogP contribution is -2.45. The molecule has 4 heterocycles. The van der Waals surface area contributed by atoms with E-state index in [0.717, 1.165) is 24.3 Å². The summed E-state index contributed by atoms with van der Waals surface area (Å²) in [6.07, 6.45) is 4.10. The first-order valence-corrected chi connectivity index (χ1v) is 8.07. The summed E-state index contributed by atoms with van der Waals surface area (Å²) in [4.78, 5) is 6.46. The van der Waals surface area contributed by atoms with Crippen LogP contribution in [-0.4, -0.2) is 31.9 Å². The van der Waals surface area contributed by atoms with E-state index in [-0.39, 0.29) is 17.4 Å². The molecule has 1 unspecified atom stereocenters. The lowest BCUT2D eigenvalue weighted by molar-refractivity contribution is 0.482. The Kier molecular flexibility index (Phi) is 2.85. The highest BCUT2D eigenvalue weighted by Gasteiger charge is 2.36. The molecule has 8 heteroatoms. The number of aryl methyl sites for hydroxylation is 1. The Balaban J connectivity index is 1.86. The minimum absolute atomic E-state index is 0.0256. The lowest BCUT2D eigenvalue weighted by Gasteiger charge is -2.36. The Morgan fingerprint density at radius 1 is 1.20 bits per heavy atom. The van der Waals surface area contributed by atoms with Crippen molar-refractivity contribution in [2.75, 3.05) is 4.90 Å². The van der Waals surface area contributed by atoms with Crippen LogP contribution in [0, 0.1) is 11.6 Å². The van der Waals surface area contributed by atoms with Gasteiger partial charge < -0.3 is 4.90 Å². The summed E-state index contributed by atoms with van der Waals surface area (Å²) in [5, 5.41) is 11.4. The van der Waals surface area contributed by atoms with Crippen LogP contribution < -0.4 is 4.90 Å². The maximum absolute atomic E-state index is 14.5. The molecule has 2 aliphatic heterocycles. The Labute approximate surface area is 141 Å². The average molecular weight is 340 g/mol. The van der Waals surface area contributed by atoms with E-state index in [1.165, 1.54) is 18.2 Å². The fraction of sp³-hybridized carbons (Fsp3) is 0.235. The van der Waals surface area contributed by atoms with Crippen molar-refractivity contribution in [2.24, 2.45) is 4.99 Å². The van der Waals surface area contributed by atoms with Crippen LogP contribution in [-0.2, 0) is 6.54 Å². The van der Waals surface area contributed by atoms with Crippen molar-refractivity contribution < 1.29 is 8.78 Å². The maximum Gasteiger partial charge on any atom is 0.148 e. The number of fused-ring (bicyclic) bond motifs is 2. The van der Waals surface area contributed by atoms with Gasteiger partial charge in [0.25, 0.3) is 0 Å². The number of nitrogens with zero attached hydrogens (tertiary/aromatic N) is 5. The highest BCUT2D eigenvalue weighted by Crippen LogP contribution is 2.42. The van der Waals surface area contributed by atoms with Crippen LogP contribution in [0.2, 0.25) is 0 Å². The summed E-state index contributed by atoms with van der Waals surface area (Å²) >= 11 is 0. The molecule has 0 amide bonds. The molecule has 1 atom stereocenters. The van der Waals surface area contributed by atoms with Crippen molar-refractivity contribution in [3.05, 3.63) is 47.8 Å². The van der Waals surface area contributed by atoms with Crippen LogP contribution in [0.5, 0.6) is 0 Å². The first-order valence-electron chi connectivity index (χ1n) is 8.07. The highest BCUT2D eigenvalue weighted by molar-refractivity contribution is 6.14. The van der Waals surface area contributed by atoms with Crippen LogP contribution in [0.1, 0.15) is 18.9 Å². The number of hydrogen-bond acceptors (Lipinski definition) is 4. The van der Waals surface area contributed by atoms with Crippen LogP contribution in [0.15, 0.2) is 35.6 Å². The third-order valence-electron chi connectivity index (χ3n) is 4.77. The third kappa shape index (κ3) is 1.90. The normalized spacial score (nSPS) is 18.4. The molecule has 25 heavy (non-hydrogen) atoms. The SMILES string of the molecule is CC1CCn2ncc3c2N1C(c1c(F)cccc1F)=Nc1cn[nH]c1-3. The van der Waals surface area contributed by atoms with E-state index in [0.29, 0.717) is 11.4 Å². The molecule has 0 saturated carbocycles. The summed E-state index contributed by atoms with van der Waals surface area (Å²) in [7, 11) is 0. The number of aromatic amines is 1. The van der Waals surface area contributed by atoms with E-state index in [4.69, 9.17) is 0 Å². The van der Waals surface area contributed by atoms with Crippen molar-refractivity contribution in [3.63, 3.8) is 0 Å². The number of nitrogens with one attached hydrogen (secondary N) is 1. The molecule has 2 aliphatic rings. The Morgan fingerprint density at radius 3 is 2.80 bits per heavy atom. The molecule has 0 spiro atoms. The Morgan fingerprint density at radius 2 is 2.00 bits per heavy atom. The number of anilines is 1. The molecule has 0 bridgehead atoms. The zero-order valence-corrected chi connectivity index (χ0v) is 13.4. The summed E-state index contributed by atoms with van der Waals surface area (Å²) in [5.41, 5.74) is 1.93. The van der Waals surface area contributed by atoms with Gasteiger partial charge in [0.15, 0.2) is 0 Å². The predicted molar refractivity (Wildman–Crippen MR) is 88.9 cm³/mol. The van der Waals surface area contributed by atoms with E-state index >= 15 is 0 Å². The van der Waals surface area contributed by atoms with E-state index in [9.17, 15) is 8.78 Å². The zero-order chi connectivity index (χ0) is 17.1. The number of amidine groups is 1. The first-order chi connectivity index (χ1) is 12.1. The minimum Gasteiger partial charge on any atom is -0.307 e. The van der Waals surface area contributed by atoms with Crippen LogP contribution in [0.25, 0.3) is 11.3 Å². The smallest absolute Gasteiger partial charge is 0.148 e. The van der Waals surface area contributed by atoms with Gasteiger partial charge in [0, 0.05) is 12.6 Å². The Hall–Kier alpha value is -3.03. The number of rotatable bonds is 1. The van der Waals surface area contributed by atoms with Crippen molar-refractivity contribution in [1.29, 1.82) is 0 Å². The quantitative estimate of drug-likeness (QED) is 0.740. The number of halogens is 2. The molecule has 3 aromatic rings. The minimum atomic E-state index is -0.643. The second-order valence-corrected chi connectivity index (χ2v) is 6.28. The fourth-order valence-corrected chi connectivity index (χ4v) is 3.55. The monoisotopic (exact) mass is 340 g/mol. The topological polar surface area (TPSA) is 62.1 Å². The number of benzene rings is 1. The van der Waals surface area contributed by atoms with Crippen LogP contribution in [0.3, 0.4) is 0 Å². The largest absolute Gasteiger partial charge is 0.307 e. The molecule has 1 aromatic carbocycles. The average Bonchev–Trinajstić information content (AvgIpc) is 3.17. The molecule has 0 aliphatic carbocycles. The maximum atomic E-state index is 14.5. The van der Waals surface area contributed by atoms with Gasteiger partial charge in [-0.25, -0.2) is 18.5 Å². The second-order valence-electron chi connectivity index (χ2n) is 6.28. The molecule has 6 nitrogen and oxygen atoms in total. The third-order valence-corrected chi connectivity index (χ3v) is 4.77. The van der Waals surface area contributed by atoms with E-state index in [2.05, 4.69) is 20.3 Å². The highest BCUT2D eigenvalue weighted by atomic mass is 19.1.